The van der Waals surface area contributed by atoms with Crippen molar-refractivity contribution in [2.45, 2.75) is 0 Å². The molecule has 5 heteroatoms. The van der Waals surface area contributed by atoms with E-state index in [1.165, 1.54) is 11.3 Å². The van der Waals surface area contributed by atoms with E-state index >= 15 is 0 Å². The molecule has 1 N–H and O–H groups in total. The molecular formula is C14H10N2OS2. The van der Waals surface area contributed by atoms with Crippen LogP contribution in [0.25, 0.3) is 10.4 Å². The van der Waals surface area contributed by atoms with Crippen LogP contribution in [0.3, 0.4) is 0 Å². The highest BCUT2D eigenvalue weighted by molar-refractivity contribution is 7.18. The molecule has 0 saturated carbocycles. The SMILES string of the molecule is O=C(Nc1cccnc1)c1ccc(-c2ccsc2)s1. The van der Waals surface area contributed by atoms with Crippen LogP contribution >= 0.6 is 22.7 Å². The van der Waals surface area contributed by atoms with Gasteiger partial charge in [-0.2, -0.15) is 11.3 Å². The van der Waals surface area contributed by atoms with E-state index in [1.807, 2.05) is 23.6 Å². The number of carbonyl (C=O) groups excluding carboxylic acids is 1. The van der Waals surface area contributed by atoms with Gasteiger partial charge in [0.2, 0.25) is 0 Å². The maximum Gasteiger partial charge on any atom is 0.265 e. The minimum Gasteiger partial charge on any atom is -0.320 e. The largest absolute Gasteiger partial charge is 0.320 e. The number of rotatable bonds is 3. The molecule has 0 bridgehead atoms. The monoisotopic (exact) mass is 286 g/mol. The summed E-state index contributed by atoms with van der Waals surface area (Å²) in [5, 5.41) is 6.94. The van der Waals surface area contributed by atoms with Gasteiger partial charge in [0.05, 0.1) is 16.8 Å². The van der Waals surface area contributed by atoms with Gasteiger partial charge in [-0.25, -0.2) is 0 Å². The topological polar surface area (TPSA) is 42.0 Å². The lowest BCUT2D eigenvalue weighted by atomic mass is 10.3. The number of aromatic nitrogens is 1. The highest BCUT2D eigenvalue weighted by Crippen LogP contribution is 2.29. The molecule has 3 aromatic rings. The van der Waals surface area contributed by atoms with Gasteiger partial charge < -0.3 is 5.32 Å². The fraction of sp³-hybridized carbons (Fsp3) is 0. The standard InChI is InChI=1S/C14H10N2OS2/c17-14(16-11-2-1-6-15-8-11)13-4-3-12(19-13)10-5-7-18-9-10/h1-9H,(H,16,17). The van der Waals surface area contributed by atoms with E-state index in [4.69, 9.17) is 0 Å². The Morgan fingerprint density at radius 2 is 2.16 bits per heavy atom. The van der Waals surface area contributed by atoms with Crippen LogP contribution in [0.15, 0.2) is 53.5 Å². The van der Waals surface area contributed by atoms with Crippen LogP contribution in [0, 0.1) is 0 Å². The van der Waals surface area contributed by atoms with Crippen molar-refractivity contribution in [1.29, 1.82) is 0 Å². The first kappa shape index (κ1) is 12.1. The van der Waals surface area contributed by atoms with Gasteiger partial charge in [-0.3, -0.25) is 9.78 Å². The average molecular weight is 286 g/mol. The van der Waals surface area contributed by atoms with E-state index in [0.717, 1.165) is 10.4 Å². The van der Waals surface area contributed by atoms with Gasteiger partial charge in [0.25, 0.3) is 5.91 Å². The average Bonchev–Trinajstić information content (AvgIpc) is 3.11. The first-order valence-electron chi connectivity index (χ1n) is 5.67. The van der Waals surface area contributed by atoms with Gasteiger partial charge in [-0.1, -0.05) is 0 Å². The van der Waals surface area contributed by atoms with E-state index in [9.17, 15) is 4.79 Å². The number of amides is 1. The van der Waals surface area contributed by atoms with E-state index in [1.54, 1.807) is 29.8 Å². The number of nitrogens with one attached hydrogen (secondary N) is 1. The van der Waals surface area contributed by atoms with Gasteiger partial charge in [0.1, 0.15) is 0 Å². The summed E-state index contributed by atoms with van der Waals surface area (Å²) < 4.78 is 0. The number of hydrogen-bond acceptors (Lipinski definition) is 4. The number of pyridine rings is 1. The maximum absolute atomic E-state index is 12.1. The van der Waals surface area contributed by atoms with Crippen LogP contribution in [0.5, 0.6) is 0 Å². The molecule has 0 aliphatic heterocycles. The third-order valence-corrected chi connectivity index (χ3v) is 4.37. The quantitative estimate of drug-likeness (QED) is 0.786. The smallest absolute Gasteiger partial charge is 0.265 e. The lowest BCUT2D eigenvalue weighted by Crippen LogP contribution is -2.09. The van der Waals surface area contributed by atoms with Crippen molar-refractivity contribution in [3.63, 3.8) is 0 Å². The zero-order valence-electron chi connectivity index (χ0n) is 9.87. The first-order chi connectivity index (χ1) is 9.33. The van der Waals surface area contributed by atoms with Gasteiger partial charge in [-0.15, -0.1) is 11.3 Å². The fourth-order valence-corrected chi connectivity index (χ4v) is 3.28. The second-order valence-corrected chi connectivity index (χ2v) is 5.74. The lowest BCUT2D eigenvalue weighted by molar-refractivity contribution is 0.103. The Morgan fingerprint density at radius 3 is 2.89 bits per heavy atom. The second-order valence-electron chi connectivity index (χ2n) is 3.87. The molecule has 0 radical (unpaired) electrons. The van der Waals surface area contributed by atoms with Crippen molar-refractivity contribution < 1.29 is 4.79 Å². The van der Waals surface area contributed by atoms with Crippen LogP contribution < -0.4 is 5.32 Å². The molecule has 0 aliphatic rings. The van der Waals surface area contributed by atoms with Crippen molar-refractivity contribution in [1.82, 2.24) is 4.98 Å². The van der Waals surface area contributed by atoms with E-state index in [0.29, 0.717) is 10.6 Å². The Morgan fingerprint density at radius 1 is 1.21 bits per heavy atom. The van der Waals surface area contributed by atoms with Crippen molar-refractivity contribution >= 4 is 34.3 Å². The van der Waals surface area contributed by atoms with Crippen LogP contribution in [0.1, 0.15) is 9.67 Å². The highest BCUT2D eigenvalue weighted by atomic mass is 32.1. The zero-order chi connectivity index (χ0) is 13.1. The molecule has 0 aromatic carbocycles. The Balaban J connectivity index is 1.78. The molecule has 3 rings (SSSR count). The predicted octanol–water partition coefficient (Wildman–Crippen LogP) is 4.12. The molecule has 0 aliphatic carbocycles. The first-order valence-corrected chi connectivity index (χ1v) is 7.42. The Kier molecular flexibility index (Phi) is 3.39. The molecule has 3 nitrogen and oxygen atoms in total. The van der Waals surface area contributed by atoms with Gasteiger partial charge in [0.15, 0.2) is 0 Å². The normalized spacial score (nSPS) is 10.3. The summed E-state index contributed by atoms with van der Waals surface area (Å²) in [7, 11) is 0. The molecule has 19 heavy (non-hydrogen) atoms. The van der Waals surface area contributed by atoms with Crippen LogP contribution in [0.4, 0.5) is 5.69 Å². The molecule has 0 fully saturated rings. The van der Waals surface area contributed by atoms with Gasteiger partial charge in [-0.05, 0) is 41.1 Å². The summed E-state index contributed by atoms with van der Waals surface area (Å²) in [6.45, 7) is 0. The third-order valence-electron chi connectivity index (χ3n) is 2.55. The summed E-state index contributed by atoms with van der Waals surface area (Å²) in [4.78, 5) is 17.8. The molecule has 3 heterocycles. The second kappa shape index (κ2) is 5.34. The van der Waals surface area contributed by atoms with Crippen molar-refractivity contribution in [2.75, 3.05) is 5.32 Å². The van der Waals surface area contributed by atoms with Crippen LogP contribution in [-0.2, 0) is 0 Å². The molecule has 0 atom stereocenters. The summed E-state index contributed by atoms with van der Waals surface area (Å²) >= 11 is 3.14. The summed E-state index contributed by atoms with van der Waals surface area (Å²) in [6.07, 6.45) is 3.31. The molecule has 0 spiro atoms. The van der Waals surface area contributed by atoms with Crippen molar-refractivity contribution in [3.05, 3.63) is 58.4 Å². The predicted molar refractivity (Wildman–Crippen MR) is 79.8 cm³/mol. The van der Waals surface area contributed by atoms with Gasteiger partial charge >= 0.3 is 0 Å². The Hall–Kier alpha value is -1.98. The number of carbonyl (C=O) groups is 1. The summed E-state index contributed by atoms with van der Waals surface area (Å²) in [5.41, 5.74) is 1.87. The van der Waals surface area contributed by atoms with Crippen LogP contribution in [-0.4, -0.2) is 10.9 Å². The summed E-state index contributed by atoms with van der Waals surface area (Å²) in [6, 6.07) is 9.49. The van der Waals surface area contributed by atoms with E-state index in [2.05, 4.69) is 21.7 Å². The minimum atomic E-state index is -0.0977. The zero-order valence-corrected chi connectivity index (χ0v) is 11.5. The van der Waals surface area contributed by atoms with Crippen molar-refractivity contribution in [2.24, 2.45) is 0 Å². The minimum absolute atomic E-state index is 0.0977. The van der Waals surface area contributed by atoms with E-state index < -0.39 is 0 Å². The Bertz CT molecular complexity index is 675. The third kappa shape index (κ3) is 2.72. The summed E-state index contributed by atoms with van der Waals surface area (Å²) in [5.74, 6) is -0.0977. The molecule has 1 amide bonds. The lowest BCUT2D eigenvalue weighted by Gasteiger charge is -2.01. The van der Waals surface area contributed by atoms with Crippen molar-refractivity contribution in [3.8, 4) is 10.4 Å². The number of thiophene rings is 2. The number of nitrogens with zero attached hydrogens (tertiary/aromatic N) is 1. The molecule has 0 unspecified atom stereocenters. The van der Waals surface area contributed by atoms with Gasteiger partial charge in [0, 0.05) is 16.6 Å². The highest BCUT2D eigenvalue weighted by Gasteiger charge is 2.10. The van der Waals surface area contributed by atoms with E-state index in [-0.39, 0.29) is 5.91 Å². The maximum atomic E-state index is 12.1. The molecule has 3 aromatic heterocycles. The van der Waals surface area contributed by atoms with Crippen LogP contribution in [0.2, 0.25) is 0 Å². The number of hydrogen-bond donors (Lipinski definition) is 1. The molecular weight excluding hydrogens is 276 g/mol. The number of anilines is 1. The molecule has 94 valence electrons. The fourth-order valence-electron chi connectivity index (χ4n) is 1.65. The Labute approximate surface area is 118 Å². The molecule has 0 saturated heterocycles.